The summed E-state index contributed by atoms with van der Waals surface area (Å²) in [5.74, 6) is 1.73. The zero-order valence-corrected chi connectivity index (χ0v) is 21.3. The summed E-state index contributed by atoms with van der Waals surface area (Å²) < 4.78 is 16.7. The minimum absolute atomic E-state index is 0.166. The number of rotatable bonds is 9. The minimum atomic E-state index is -0.960. The fraction of sp³-hybridized carbons (Fsp3) is 0.692. The predicted octanol–water partition coefficient (Wildman–Crippen LogP) is 4.26. The smallest absolute Gasteiger partial charge is 0.407 e. The van der Waals surface area contributed by atoms with Crippen LogP contribution in [0.3, 0.4) is 0 Å². The topological polar surface area (TPSA) is 97.3 Å². The molecule has 1 saturated heterocycles. The zero-order chi connectivity index (χ0) is 25.0. The van der Waals surface area contributed by atoms with Crippen LogP contribution in [0.2, 0.25) is 0 Å². The fourth-order valence-electron chi connectivity index (χ4n) is 5.50. The summed E-state index contributed by atoms with van der Waals surface area (Å²) in [4.78, 5) is 26.1. The van der Waals surface area contributed by atoms with Gasteiger partial charge in [0, 0.05) is 24.7 Å². The van der Waals surface area contributed by atoms with Crippen molar-refractivity contribution in [3.63, 3.8) is 0 Å². The first-order valence-corrected chi connectivity index (χ1v) is 12.2. The lowest BCUT2D eigenvalue weighted by molar-refractivity contribution is -0.138. The lowest BCUT2D eigenvalue weighted by Crippen LogP contribution is -2.48. The number of ether oxygens (including phenoxy) is 3. The highest BCUT2D eigenvalue weighted by atomic mass is 16.5. The molecule has 0 radical (unpaired) electrons. The number of amides is 1. The predicted molar refractivity (Wildman–Crippen MR) is 129 cm³/mol. The number of hydrogen-bond donors (Lipinski definition) is 2. The van der Waals surface area contributed by atoms with Gasteiger partial charge in [-0.2, -0.15) is 0 Å². The van der Waals surface area contributed by atoms with Gasteiger partial charge in [0.2, 0.25) is 0 Å². The minimum Gasteiger partial charge on any atom is -0.493 e. The summed E-state index contributed by atoms with van der Waals surface area (Å²) in [6.45, 7) is 10.1. The number of benzene rings is 1. The molecule has 1 amide bonds. The Labute approximate surface area is 202 Å². The number of carbonyl (C=O) groups excluding carboxylic acids is 1. The van der Waals surface area contributed by atoms with Crippen LogP contribution in [0, 0.1) is 17.8 Å². The van der Waals surface area contributed by atoms with Gasteiger partial charge < -0.3 is 24.6 Å². The number of carboxylic acids is 1. The molecule has 2 heterocycles. The lowest BCUT2D eigenvalue weighted by Gasteiger charge is -2.47. The van der Waals surface area contributed by atoms with Gasteiger partial charge in [-0.3, -0.25) is 9.69 Å². The Morgan fingerprint density at radius 3 is 2.47 bits per heavy atom. The van der Waals surface area contributed by atoms with Crippen molar-refractivity contribution < 1.29 is 28.9 Å². The summed E-state index contributed by atoms with van der Waals surface area (Å²) in [5, 5.41) is 11.8. The summed E-state index contributed by atoms with van der Waals surface area (Å²) in [7, 11) is 3.32. The van der Waals surface area contributed by atoms with Gasteiger partial charge in [-0.15, -0.1) is 0 Å². The van der Waals surface area contributed by atoms with Crippen molar-refractivity contribution in [1.82, 2.24) is 10.2 Å². The van der Waals surface area contributed by atoms with E-state index in [4.69, 9.17) is 19.3 Å². The SMILES string of the molecule is COc1cc2c(cc1OC)[C@H]1C[C@@H](COC(=O)NC(C)(C)CC(=O)O)[C@H](CC(C)C)CN1CC2. The van der Waals surface area contributed by atoms with Crippen molar-refractivity contribution in [2.24, 2.45) is 17.8 Å². The van der Waals surface area contributed by atoms with Crippen LogP contribution in [-0.4, -0.2) is 61.5 Å². The molecular weight excluding hydrogens is 436 g/mol. The Hall–Kier alpha value is -2.48. The average molecular weight is 477 g/mol. The molecule has 0 bridgehead atoms. The Kier molecular flexibility index (Phi) is 8.34. The van der Waals surface area contributed by atoms with E-state index in [1.807, 2.05) is 0 Å². The fourth-order valence-corrected chi connectivity index (χ4v) is 5.50. The molecule has 0 aliphatic carbocycles. The third kappa shape index (κ3) is 6.34. The second-order valence-corrected chi connectivity index (χ2v) is 10.7. The van der Waals surface area contributed by atoms with Crippen LogP contribution in [0.15, 0.2) is 12.1 Å². The molecule has 2 N–H and O–H groups in total. The van der Waals surface area contributed by atoms with Gasteiger partial charge in [-0.1, -0.05) is 13.8 Å². The van der Waals surface area contributed by atoms with Gasteiger partial charge in [-0.05, 0) is 74.1 Å². The number of carboxylic acid groups (broad SMARTS) is 1. The van der Waals surface area contributed by atoms with Crippen molar-refractivity contribution in [1.29, 1.82) is 0 Å². The van der Waals surface area contributed by atoms with Gasteiger partial charge in [-0.25, -0.2) is 4.79 Å². The van der Waals surface area contributed by atoms with Crippen molar-refractivity contribution in [3.05, 3.63) is 23.3 Å². The number of alkyl carbamates (subject to hydrolysis) is 1. The number of methoxy groups -OCH3 is 2. The molecule has 1 aromatic rings. The monoisotopic (exact) mass is 476 g/mol. The molecule has 3 atom stereocenters. The van der Waals surface area contributed by atoms with Crippen molar-refractivity contribution in [2.45, 2.75) is 65.0 Å². The Morgan fingerprint density at radius 2 is 1.85 bits per heavy atom. The van der Waals surface area contributed by atoms with Crippen LogP contribution in [0.5, 0.6) is 11.5 Å². The third-order valence-electron chi connectivity index (χ3n) is 7.01. The second kappa shape index (κ2) is 10.8. The zero-order valence-electron chi connectivity index (χ0n) is 21.3. The Morgan fingerprint density at radius 1 is 1.18 bits per heavy atom. The van der Waals surface area contributed by atoms with Crippen LogP contribution in [0.1, 0.15) is 64.1 Å². The highest BCUT2D eigenvalue weighted by molar-refractivity contribution is 5.72. The van der Waals surface area contributed by atoms with Crippen molar-refractivity contribution in [2.75, 3.05) is 33.9 Å². The molecule has 190 valence electrons. The second-order valence-electron chi connectivity index (χ2n) is 10.7. The lowest BCUT2D eigenvalue weighted by atomic mass is 9.74. The first-order valence-electron chi connectivity index (χ1n) is 12.2. The maximum atomic E-state index is 12.5. The molecule has 34 heavy (non-hydrogen) atoms. The van der Waals surface area contributed by atoms with Gasteiger partial charge in [0.25, 0.3) is 0 Å². The molecular formula is C26H40N2O6. The van der Waals surface area contributed by atoms with E-state index in [9.17, 15) is 9.59 Å². The van der Waals surface area contributed by atoms with E-state index in [1.54, 1.807) is 28.1 Å². The first-order chi connectivity index (χ1) is 16.0. The molecule has 1 fully saturated rings. The molecule has 0 aromatic heterocycles. The summed E-state index contributed by atoms with van der Waals surface area (Å²) in [6.07, 6.45) is 2.21. The number of nitrogens with one attached hydrogen (secondary N) is 1. The number of fused-ring (bicyclic) bond motifs is 3. The number of piperidine rings is 1. The van der Waals surface area contributed by atoms with Crippen LogP contribution in [0.25, 0.3) is 0 Å². The molecule has 3 rings (SSSR count). The van der Waals surface area contributed by atoms with Crippen LogP contribution >= 0.6 is 0 Å². The largest absolute Gasteiger partial charge is 0.493 e. The quantitative estimate of drug-likeness (QED) is 0.549. The van der Waals surface area contributed by atoms with E-state index < -0.39 is 17.6 Å². The highest BCUT2D eigenvalue weighted by Crippen LogP contribution is 2.45. The van der Waals surface area contributed by atoms with E-state index in [2.05, 4.69) is 36.2 Å². The molecule has 2 aliphatic rings. The normalized spacial score (nSPS) is 22.5. The van der Waals surface area contributed by atoms with Gasteiger partial charge in [0.1, 0.15) is 0 Å². The highest BCUT2D eigenvalue weighted by Gasteiger charge is 2.40. The van der Waals surface area contributed by atoms with Crippen molar-refractivity contribution >= 4 is 12.1 Å². The number of hydrogen-bond acceptors (Lipinski definition) is 6. The molecule has 0 unspecified atom stereocenters. The molecule has 8 nitrogen and oxygen atoms in total. The maximum absolute atomic E-state index is 12.5. The van der Waals surface area contributed by atoms with Crippen LogP contribution in [0.4, 0.5) is 4.79 Å². The van der Waals surface area contributed by atoms with Crippen molar-refractivity contribution in [3.8, 4) is 11.5 Å². The maximum Gasteiger partial charge on any atom is 0.407 e. The molecule has 8 heteroatoms. The van der Waals surface area contributed by atoms with E-state index in [0.717, 1.165) is 43.9 Å². The Bertz CT molecular complexity index is 884. The van der Waals surface area contributed by atoms with E-state index in [0.29, 0.717) is 18.4 Å². The standard InChI is InChI=1S/C26H40N2O6/c1-16(2)9-18-14-28-8-7-17-11-22(32-5)23(33-6)12-20(17)21(28)10-19(18)15-34-25(31)27-26(3,4)13-24(29)30/h11-12,16,18-19,21H,7-10,13-15H2,1-6H3,(H,27,31)(H,29,30)/t18-,19+,21-/m1/s1. The van der Waals surface area contributed by atoms with Gasteiger partial charge in [0.15, 0.2) is 11.5 Å². The van der Waals surface area contributed by atoms with Crippen LogP contribution in [-0.2, 0) is 16.0 Å². The van der Waals surface area contributed by atoms with E-state index >= 15 is 0 Å². The third-order valence-corrected chi connectivity index (χ3v) is 7.01. The van der Waals surface area contributed by atoms with Gasteiger partial charge in [0.05, 0.1) is 27.2 Å². The molecule has 2 aliphatic heterocycles. The average Bonchev–Trinajstić information content (AvgIpc) is 2.74. The van der Waals surface area contributed by atoms with Gasteiger partial charge >= 0.3 is 12.1 Å². The van der Waals surface area contributed by atoms with Crippen LogP contribution < -0.4 is 14.8 Å². The molecule has 0 saturated carbocycles. The Balaban J connectivity index is 1.76. The summed E-state index contributed by atoms with van der Waals surface area (Å²) in [6, 6.07) is 4.44. The van der Waals surface area contributed by atoms with E-state index in [1.165, 1.54) is 11.1 Å². The first kappa shape index (κ1) is 26.1. The summed E-state index contributed by atoms with van der Waals surface area (Å²) >= 11 is 0. The van der Waals surface area contributed by atoms with E-state index in [-0.39, 0.29) is 18.4 Å². The number of nitrogens with zero attached hydrogens (tertiary/aromatic N) is 1. The number of carbonyl (C=O) groups is 2. The number of aliphatic carboxylic acids is 1. The summed E-state index contributed by atoms with van der Waals surface area (Å²) in [5.41, 5.74) is 1.68. The molecule has 0 spiro atoms. The molecule has 1 aromatic carbocycles.